The Morgan fingerprint density at radius 3 is 2.53 bits per heavy atom. The van der Waals surface area contributed by atoms with Crippen LogP contribution in [-0.4, -0.2) is 41.4 Å². The maximum Gasteiger partial charge on any atom is 0.258 e. The van der Waals surface area contributed by atoms with Crippen LogP contribution in [0.3, 0.4) is 0 Å². The maximum atomic E-state index is 13.3. The molecule has 6 nitrogen and oxygen atoms in total. The van der Waals surface area contributed by atoms with Gasteiger partial charge in [-0.1, -0.05) is 60.1 Å². The Bertz CT molecular complexity index is 1320. The molecule has 0 aliphatic carbocycles. The van der Waals surface area contributed by atoms with Crippen LogP contribution < -0.4 is 10.1 Å². The molecule has 0 saturated heterocycles. The molecule has 0 fully saturated rings. The van der Waals surface area contributed by atoms with Gasteiger partial charge in [0.25, 0.3) is 5.91 Å². The molecule has 1 aliphatic heterocycles. The van der Waals surface area contributed by atoms with Gasteiger partial charge in [-0.25, -0.2) is 0 Å². The van der Waals surface area contributed by atoms with Gasteiger partial charge in [-0.2, -0.15) is 0 Å². The largest absolute Gasteiger partial charge is 0.484 e. The number of hydrogen-bond donors (Lipinski definition) is 2. The first-order valence-electron chi connectivity index (χ1n) is 11.2. The number of amides is 2. The first-order valence-corrected chi connectivity index (χ1v) is 11.6. The van der Waals surface area contributed by atoms with Gasteiger partial charge in [-0.3, -0.25) is 9.59 Å². The van der Waals surface area contributed by atoms with Crippen molar-refractivity contribution in [3.63, 3.8) is 0 Å². The van der Waals surface area contributed by atoms with E-state index >= 15 is 0 Å². The van der Waals surface area contributed by atoms with E-state index in [1.807, 2.05) is 47.4 Å². The highest BCUT2D eigenvalue weighted by Gasteiger charge is 2.34. The van der Waals surface area contributed by atoms with Crippen molar-refractivity contribution in [1.29, 1.82) is 0 Å². The summed E-state index contributed by atoms with van der Waals surface area (Å²) in [6.45, 7) is 0.301. The highest BCUT2D eigenvalue weighted by molar-refractivity contribution is 6.30. The number of aromatic amines is 1. The summed E-state index contributed by atoms with van der Waals surface area (Å²) in [5.41, 5.74) is 4.37. The predicted molar refractivity (Wildman–Crippen MR) is 132 cm³/mol. The average Bonchev–Trinajstić information content (AvgIpc) is 3.25. The van der Waals surface area contributed by atoms with Crippen molar-refractivity contribution >= 4 is 34.3 Å². The molecular formula is C27H24ClN3O3. The minimum atomic E-state index is -0.358. The molecule has 172 valence electrons. The highest BCUT2D eigenvalue weighted by Crippen LogP contribution is 2.38. The summed E-state index contributed by atoms with van der Waals surface area (Å²) in [5.74, 6) is 0.0401. The van der Waals surface area contributed by atoms with E-state index in [-0.39, 0.29) is 31.0 Å². The number of ether oxygens (including phenoxy) is 1. The number of H-pyrrole nitrogens is 1. The molecule has 2 heterocycles. The Morgan fingerprint density at radius 2 is 1.74 bits per heavy atom. The van der Waals surface area contributed by atoms with Crippen LogP contribution in [0.4, 0.5) is 0 Å². The number of nitrogens with one attached hydrogen (secondary N) is 2. The van der Waals surface area contributed by atoms with Crippen LogP contribution in [0.25, 0.3) is 10.9 Å². The second kappa shape index (κ2) is 9.61. The Labute approximate surface area is 202 Å². The molecular weight excluding hydrogens is 450 g/mol. The number of carbonyl (C=O) groups excluding carboxylic acids is 2. The molecule has 3 aromatic carbocycles. The van der Waals surface area contributed by atoms with Gasteiger partial charge in [0, 0.05) is 28.2 Å². The average molecular weight is 474 g/mol. The minimum Gasteiger partial charge on any atom is -0.484 e. The monoisotopic (exact) mass is 473 g/mol. The van der Waals surface area contributed by atoms with Crippen LogP contribution in [0.2, 0.25) is 5.02 Å². The summed E-state index contributed by atoms with van der Waals surface area (Å²) >= 11 is 5.86. The number of aromatic nitrogens is 1. The molecule has 1 atom stereocenters. The highest BCUT2D eigenvalue weighted by atomic mass is 35.5. The second-order valence-corrected chi connectivity index (χ2v) is 8.67. The van der Waals surface area contributed by atoms with Crippen LogP contribution in [0.1, 0.15) is 22.9 Å². The number of para-hydroxylation sites is 1. The van der Waals surface area contributed by atoms with Crippen LogP contribution in [0, 0.1) is 0 Å². The number of halogens is 1. The van der Waals surface area contributed by atoms with Crippen molar-refractivity contribution in [1.82, 2.24) is 15.2 Å². The number of rotatable bonds is 6. The molecule has 2 amide bonds. The van der Waals surface area contributed by atoms with Crippen molar-refractivity contribution in [2.45, 2.75) is 12.5 Å². The van der Waals surface area contributed by atoms with Crippen molar-refractivity contribution in [3.8, 4) is 5.75 Å². The summed E-state index contributed by atoms with van der Waals surface area (Å²) in [6, 6.07) is 24.7. The van der Waals surface area contributed by atoms with E-state index in [1.165, 1.54) is 10.9 Å². The first-order chi connectivity index (χ1) is 16.6. The van der Waals surface area contributed by atoms with Crippen LogP contribution in [0.15, 0.2) is 78.9 Å². The fraction of sp³-hybridized carbons (Fsp3) is 0.185. The zero-order valence-electron chi connectivity index (χ0n) is 18.5. The topological polar surface area (TPSA) is 74.4 Å². The molecule has 0 spiro atoms. The van der Waals surface area contributed by atoms with E-state index in [9.17, 15) is 9.59 Å². The molecule has 1 aromatic heterocycles. The van der Waals surface area contributed by atoms with Crippen LogP contribution in [-0.2, 0) is 16.0 Å². The van der Waals surface area contributed by atoms with Gasteiger partial charge < -0.3 is 19.9 Å². The summed E-state index contributed by atoms with van der Waals surface area (Å²) in [7, 11) is 0. The first kappa shape index (κ1) is 22.0. The number of hydrogen-bond acceptors (Lipinski definition) is 3. The fourth-order valence-electron chi connectivity index (χ4n) is 4.50. The van der Waals surface area contributed by atoms with E-state index in [4.69, 9.17) is 16.3 Å². The lowest BCUT2D eigenvalue weighted by Gasteiger charge is -2.36. The molecule has 4 aromatic rings. The molecule has 34 heavy (non-hydrogen) atoms. The molecule has 2 N–H and O–H groups in total. The number of benzene rings is 3. The van der Waals surface area contributed by atoms with Crippen molar-refractivity contribution in [2.24, 2.45) is 0 Å². The number of nitrogens with zero attached hydrogens (tertiary/aromatic N) is 1. The van der Waals surface area contributed by atoms with E-state index in [2.05, 4.69) is 22.4 Å². The summed E-state index contributed by atoms with van der Waals surface area (Å²) < 4.78 is 5.47. The Kier molecular flexibility index (Phi) is 6.23. The Balaban J connectivity index is 1.31. The molecule has 0 radical (unpaired) electrons. The lowest BCUT2D eigenvalue weighted by atomic mass is 9.92. The van der Waals surface area contributed by atoms with Crippen molar-refractivity contribution < 1.29 is 14.3 Å². The molecule has 5 rings (SSSR count). The third-order valence-corrected chi connectivity index (χ3v) is 6.34. The molecule has 7 heteroatoms. The van der Waals surface area contributed by atoms with E-state index in [1.54, 1.807) is 24.3 Å². The van der Waals surface area contributed by atoms with Gasteiger partial charge in [0.2, 0.25) is 5.91 Å². The lowest BCUT2D eigenvalue weighted by molar-refractivity contribution is -0.135. The molecule has 1 aliphatic rings. The zero-order chi connectivity index (χ0) is 23.5. The second-order valence-electron chi connectivity index (χ2n) is 8.23. The van der Waals surface area contributed by atoms with Gasteiger partial charge in [0.05, 0.1) is 12.6 Å². The maximum absolute atomic E-state index is 13.3. The number of carbonyl (C=O) groups is 2. The normalized spacial score (nSPS) is 15.1. The SMILES string of the molecule is O=C(COc1ccc(Cl)cc1)NCC(=O)N1CCc2c([nH]c3ccccc23)C1c1ccccc1. The lowest BCUT2D eigenvalue weighted by Crippen LogP contribution is -2.46. The molecule has 0 saturated carbocycles. The standard InChI is InChI=1S/C27H24ClN3O3/c28-19-10-12-20(13-11-19)34-17-24(32)29-16-25(33)31-15-14-22-21-8-4-5-9-23(21)30-26(22)27(31)18-6-2-1-3-7-18/h1-13,27,30H,14-17H2,(H,29,32). The fourth-order valence-corrected chi connectivity index (χ4v) is 4.62. The Hall–Kier alpha value is -3.77. The van der Waals surface area contributed by atoms with Gasteiger partial charge in [0.1, 0.15) is 5.75 Å². The molecule has 0 bridgehead atoms. The van der Waals surface area contributed by atoms with Crippen LogP contribution in [0.5, 0.6) is 5.75 Å². The predicted octanol–water partition coefficient (Wildman–Crippen LogP) is 4.49. The van der Waals surface area contributed by atoms with Gasteiger partial charge in [-0.05, 0) is 47.9 Å². The number of fused-ring (bicyclic) bond motifs is 3. The molecule has 1 unspecified atom stereocenters. The van der Waals surface area contributed by atoms with Crippen LogP contribution >= 0.6 is 11.6 Å². The third kappa shape index (κ3) is 4.50. The quantitative estimate of drug-likeness (QED) is 0.433. The van der Waals surface area contributed by atoms with Gasteiger partial charge >= 0.3 is 0 Å². The van der Waals surface area contributed by atoms with E-state index in [0.29, 0.717) is 17.3 Å². The van der Waals surface area contributed by atoms with E-state index in [0.717, 1.165) is 23.2 Å². The Morgan fingerprint density at radius 1 is 1.00 bits per heavy atom. The third-order valence-electron chi connectivity index (χ3n) is 6.09. The zero-order valence-corrected chi connectivity index (χ0v) is 19.2. The van der Waals surface area contributed by atoms with Crippen molar-refractivity contribution in [3.05, 3.63) is 101 Å². The summed E-state index contributed by atoms with van der Waals surface area (Å²) in [6.07, 6.45) is 0.752. The minimum absolute atomic E-state index is 0.0955. The summed E-state index contributed by atoms with van der Waals surface area (Å²) in [5, 5.41) is 4.48. The summed E-state index contributed by atoms with van der Waals surface area (Å²) in [4.78, 5) is 31.0. The smallest absolute Gasteiger partial charge is 0.258 e. The van der Waals surface area contributed by atoms with E-state index < -0.39 is 0 Å². The van der Waals surface area contributed by atoms with Gasteiger partial charge in [0.15, 0.2) is 6.61 Å². The van der Waals surface area contributed by atoms with Gasteiger partial charge in [-0.15, -0.1) is 0 Å². The van der Waals surface area contributed by atoms with Crippen molar-refractivity contribution in [2.75, 3.05) is 19.7 Å².